The third kappa shape index (κ3) is 11.8. The van der Waals surface area contributed by atoms with Crippen molar-refractivity contribution in [2.24, 2.45) is 5.73 Å². The maximum atomic E-state index is 11.5. The van der Waals surface area contributed by atoms with Gasteiger partial charge in [-0.2, -0.15) is 0 Å². The molecule has 0 aliphatic rings. The number of hydrogen-bond acceptors (Lipinski definition) is 3. The Balaban J connectivity index is 3.92. The van der Waals surface area contributed by atoms with Crippen LogP contribution in [0.5, 0.6) is 0 Å². The number of allylic oxidation sites excluding steroid dienone is 2. The van der Waals surface area contributed by atoms with E-state index in [0.29, 0.717) is 6.54 Å². The number of nitrogens with one attached hydrogen (secondary N) is 1. The van der Waals surface area contributed by atoms with Crippen molar-refractivity contribution in [1.82, 2.24) is 5.32 Å². The average Bonchev–Trinajstić information content (AvgIpc) is 2.12. The Morgan fingerprint density at radius 3 is 2.26 bits per heavy atom. The lowest BCUT2D eigenvalue weighted by Gasteiger charge is -2.25. The van der Waals surface area contributed by atoms with E-state index in [4.69, 9.17) is 10.5 Å². The average molecular weight is 270 g/mol. The summed E-state index contributed by atoms with van der Waals surface area (Å²) in [4.78, 5) is 11.5. The van der Waals surface area contributed by atoms with Crippen molar-refractivity contribution in [2.75, 3.05) is 6.54 Å². The number of carbonyl (C=O) groups is 1. The van der Waals surface area contributed by atoms with Crippen LogP contribution in [0.25, 0.3) is 0 Å². The van der Waals surface area contributed by atoms with Gasteiger partial charge in [0.1, 0.15) is 5.60 Å². The summed E-state index contributed by atoms with van der Waals surface area (Å²) < 4.78 is 5.16. The molecule has 0 aromatic rings. The Bertz CT molecular complexity index is 311. The smallest absolute Gasteiger partial charge is 0.407 e. The summed E-state index contributed by atoms with van der Waals surface area (Å²) in [6.45, 7) is 12.3. The van der Waals surface area contributed by atoms with Crippen LogP contribution in [0, 0.1) is 0 Å². The van der Waals surface area contributed by atoms with Crippen LogP contribution in [-0.4, -0.2) is 23.8 Å². The molecular formula is C15H30N2O2. The van der Waals surface area contributed by atoms with Gasteiger partial charge in [-0.25, -0.2) is 4.79 Å². The van der Waals surface area contributed by atoms with Crippen LogP contribution in [-0.2, 0) is 4.74 Å². The molecule has 0 spiro atoms. The van der Waals surface area contributed by atoms with Gasteiger partial charge in [-0.3, -0.25) is 0 Å². The Labute approximate surface area is 117 Å². The topological polar surface area (TPSA) is 64.3 Å². The largest absolute Gasteiger partial charge is 0.444 e. The molecule has 0 saturated heterocycles. The Morgan fingerprint density at radius 2 is 1.79 bits per heavy atom. The molecule has 0 saturated carbocycles. The maximum Gasteiger partial charge on any atom is 0.407 e. The second-order valence-corrected chi connectivity index (χ2v) is 6.65. The van der Waals surface area contributed by atoms with Gasteiger partial charge in [-0.1, -0.05) is 11.6 Å². The predicted molar refractivity (Wildman–Crippen MR) is 80.1 cm³/mol. The summed E-state index contributed by atoms with van der Waals surface area (Å²) in [5, 5.41) is 2.74. The quantitative estimate of drug-likeness (QED) is 0.727. The van der Waals surface area contributed by atoms with Gasteiger partial charge >= 0.3 is 6.09 Å². The lowest BCUT2D eigenvalue weighted by atomic mass is 9.93. The first-order valence-corrected chi connectivity index (χ1v) is 6.91. The molecule has 0 aliphatic heterocycles. The number of carbonyl (C=O) groups excluding carboxylic acids is 1. The minimum atomic E-state index is -0.459. The standard InChI is InChI=1S/C15H30N2O2/c1-12(2)8-7-9-15(6,16)10-11-17-13(18)19-14(3,4)5/h8H,7,9-11,16H2,1-6H3,(H,17,18)/t15-/m1/s1. The molecule has 0 aromatic carbocycles. The van der Waals surface area contributed by atoms with Crippen LogP contribution in [0.1, 0.15) is 60.8 Å². The van der Waals surface area contributed by atoms with Crippen LogP contribution < -0.4 is 11.1 Å². The fraction of sp³-hybridized carbons (Fsp3) is 0.800. The van der Waals surface area contributed by atoms with E-state index in [1.54, 1.807) is 0 Å². The van der Waals surface area contributed by atoms with Crippen molar-refractivity contribution in [3.8, 4) is 0 Å². The third-order valence-corrected chi connectivity index (χ3v) is 2.63. The zero-order valence-electron chi connectivity index (χ0n) is 13.3. The number of rotatable bonds is 6. The number of alkyl carbamates (subject to hydrolysis) is 1. The van der Waals surface area contributed by atoms with E-state index in [-0.39, 0.29) is 11.6 Å². The van der Waals surface area contributed by atoms with E-state index >= 15 is 0 Å². The van der Waals surface area contributed by atoms with Gasteiger partial charge in [0.2, 0.25) is 0 Å². The second kappa shape index (κ2) is 7.53. The molecule has 0 radical (unpaired) electrons. The summed E-state index contributed by atoms with van der Waals surface area (Å²) in [6, 6.07) is 0. The first-order valence-electron chi connectivity index (χ1n) is 6.91. The molecule has 0 aliphatic carbocycles. The lowest BCUT2D eigenvalue weighted by Crippen LogP contribution is -2.41. The van der Waals surface area contributed by atoms with E-state index < -0.39 is 5.60 Å². The molecule has 0 unspecified atom stereocenters. The maximum absolute atomic E-state index is 11.5. The molecule has 4 heteroatoms. The predicted octanol–water partition coefficient (Wildman–Crippen LogP) is 3.37. The zero-order chi connectivity index (χ0) is 15.1. The van der Waals surface area contributed by atoms with E-state index in [1.807, 2.05) is 27.7 Å². The van der Waals surface area contributed by atoms with E-state index in [9.17, 15) is 4.79 Å². The summed E-state index contributed by atoms with van der Waals surface area (Å²) >= 11 is 0. The van der Waals surface area contributed by atoms with E-state index in [0.717, 1.165) is 19.3 Å². The molecule has 0 fully saturated rings. The number of nitrogens with two attached hydrogens (primary N) is 1. The summed E-state index contributed by atoms with van der Waals surface area (Å²) in [6.07, 6.45) is 4.43. The highest BCUT2D eigenvalue weighted by atomic mass is 16.6. The first kappa shape index (κ1) is 18.0. The lowest BCUT2D eigenvalue weighted by molar-refractivity contribution is 0.0524. The molecule has 0 aromatic heterocycles. The summed E-state index contributed by atoms with van der Waals surface area (Å²) in [7, 11) is 0. The minimum Gasteiger partial charge on any atom is -0.444 e. The summed E-state index contributed by atoms with van der Waals surface area (Å²) in [5.41, 5.74) is 6.78. The minimum absolute atomic E-state index is 0.263. The Kier molecular flexibility index (Phi) is 7.12. The molecule has 0 bridgehead atoms. The van der Waals surface area contributed by atoms with Gasteiger partial charge in [0.15, 0.2) is 0 Å². The Hall–Kier alpha value is -1.03. The number of amides is 1. The normalized spacial score (nSPS) is 14.5. The number of ether oxygens (including phenoxy) is 1. The molecular weight excluding hydrogens is 240 g/mol. The highest BCUT2D eigenvalue weighted by Gasteiger charge is 2.19. The van der Waals surface area contributed by atoms with Crippen molar-refractivity contribution in [3.63, 3.8) is 0 Å². The van der Waals surface area contributed by atoms with Crippen LogP contribution in [0.15, 0.2) is 11.6 Å². The SMILES string of the molecule is CC(C)=CCC[C@@](C)(N)CCNC(=O)OC(C)(C)C. The van der Waals surface area contributed by atoms with Crippen molar-refractivity contribution in [1.29, 1.82) is 0 Å². The number of hydrogen-bond donors (Lipinski definition) is 2. The monoisotopic (exact) mass is 270 g/mol. The van der Waals surface area contributed by atoms with Crippen LogP contribution in [0.3, 0.4) is 0 Å². The van der Waals surface area contributed by atoms with Gasteiger partial charge in [0, 0.05) is 12.1 Å². The molecule has 4 nitrogen and oxygen atoms in total. The fourth-order valence-corrected chi connectivity index (χ4v) is 1.58. The third-order valence-electron chi connectivity index (χ3n) is 2.63. The molecule has 3 N–H and O–H groups in total. The molecule has 0 heterocycles. The van der Waals surface area contributed by atoms with Crippen molar-refractivity contribution in [2.45, 2.75) is 71.9 Å². The van der Waals surface area contributed by atoms with Crippen molar-refractivity contribution >= 4 is 6.09 Å². The first-order chi connectivity index (χ1) is 8.52. The van der Waals surface area contributed by atoms with Crippen molar-refractivity contribution < 1.29 is 9.53 Å². The van der Waals surface area contributed by atoms with E-state index in [2.05, 4.69) is 25.2 Å². The van der Waals surface area contributed by atoms with Gasteiger partial charge in [0.25, 0.3) is 0 Å². The molecule has 112 valence electrons. The Morgan fingerprint density at radius 1 is 1.21 bits per heavy atom. The van der Waals surface area contributed by atoms with Crippen LogP contribution >= 0.6 is 0 Å². The van der Waals surface area contributed by atoms with Crippen LogP contribution in [0.4, 0.5) is 4.79 Å². The highest BCUT2D eigenvalue weighted by molar-refractivity contribution is 5.67. The van der Waals surface area contributed by atoms with Gasteiger partial charge in [-0.15, -0.1) is 0 Å². The van der Waals surface area contributed by atoms with Gasteiger partial charge in [-0.05, 0) is 60.8 Å². The highest BCUT2D eigenvalue weighted by Crippen LogP contribution is 2.14. The molecule has 19 heavy (non-hydrogen) atoms. The molecule has 1 atom stereocenters. The zero-order valence-corrected chi connectivity index (χ0v) is 13.3. The molecule has 1 amide bonds. The van der Waals surface area contributed by atoms with E-state index in [1.165, 1.54) is 5.57 Å². The molecule has 0 rings (SSSR count). The second-order valence-electron chi connectivity index (χ2n) is 6.65. The van der Waals surface area contributed by atoms with Gasteiger partial charge in [0.05, 0.1) is 0 Å². The summed E-state index contributed by atoms with van der Waals surface area (Å²) in [5.74, 6) is 0. The fourth-order valence-electron chi connectivity index (χ4n) is 1.58. The van der Waals surface area contributed by atoms with Gasteiger partial charge < -0.3 is 15.8 Å². The van der Waals surface area contributed by atoms with Crippen molar-refractivity contribution in [3.05, 3.63) is 11.6 Å². The van der Waals surface area contributed by atoms with Crippen LogP contribution in [0.2, 0.25) is 0 Å².